The van der Waals surface area contributed by atoms with Crippen LogP contribution in [0.1, 0.15) is 13.3 Å². The molecule has 3 N–H and O–H groups in total. The van der Waals surface area contributed by atoms with Crippen LogP contribution in [-0.4, -0.2) is 51.5 Å². The van der Waals surface area contributed by atoms with Gasteiger partial charge in [-0.25, -0.2) is 13.9 Å². The van der Waals surface area contributed by atoms with Gasteiger partial charge < -0.3 is 20.5 Å². The molecule has 0 saturated carbocycles. The Kier molecular flexibility index (Phi) is 4.09. The smallest absolute Gasteiger partial charge is 0.214 e. The normalized spacial score (nSPS) is 23.6. The van der Waals surface area contributed by atoms with Crippen molar-refractivity contribution in [2.45, 2.75) is 25.0 Å². The van der Waals surface area contributed by atoms with Crippen LogP contribution >= 0.6 is 11.3 Å². The summed E-state index contributed by atoms with van der Waals surface area (Å²) in [6.45, 7) is 3.01. The van der Waals surface area contributed by atoms with Crippen molar-refractivity contribution < 1.29 is 14.2 Å². The molecule has 1 aliphatic heterocycles. The molecular weight excluding hydrogens is 357 g/mol. The van der Waals surface area contributed by atoms with Crippen molar-refractivity contribution in [1.82, 2.24) is 14.6 Å². The molecule has 3 aromatic rings. The topological polar surface area (TPSA) is 88.9 Å². The van der Waals surface area contributed by atoms with Gasteiger partial charge in [0.1, 0.15) is 11.6 Å². The minimum Gasteiger partial charge on any atom is -0.496 e. The fraction of sp³-hybridized carbons (Fsp3) is 0.412. The summed E-state index contributed by atoms with van der Waals surface area (Å²) in [5, 5.41) is 15.7. The monoisotopic (exact) mass is 377 g/mol. The second-order valence-corrected chi connectivity index (χ2v) is 7.72. The Morgan fingerprint density at radius 3 is 3.00 bits per heavy atom. The number of rotatable bonds is 3. The number of methoxy groups -OCH3 is 1. The highest BCUT2D eigenvalue weighted by molar-refractivity contribution is 7.20. The quantitative estimate of drug-likeness (QED) is 0.725. The minimum atomic E-state index is -0.621. The van der Waals surface area contributed by atoms with E-state index in [4.69, 9.17) is 10.5 Å². The van der Waals surface area contributed by atoms with Crippen molar-refractivity contribution in [2.24, 2.45) is 5.73 Å². The molecule has 2 aromatic heterocycles. The molecule has 0 amide bonds. The van der Waals surface area contributed by atoms with Crippen LogP contribution < -0.4 is 15.4 Å². The Labute approximate surface area is 153 Å². The number of nitrogens with zero attached hydrogens (tertiary/aromatic N) is 4. The van der Waals surface area contributed by atoms with E-state index in [0.29, 0.717) is 24.3 Å². The van der Waals surface area contributed by atoms with Gasteiger partial charge >= 0.3 is 0 Å². The summed E-state index contributed by atoms with van der Waals surface area (Å²) in [7, 11) is 1.50. The Morgan fingerprint density at radius 2 is 2.27 bits per heavy atom. The predicted octanol–water partition coefficient (Wildman–Crippen LogP) is 1.89. The Bertz CT molecular complexity index is 954. The van der Waals surface area contributed by atoms with Gasteiger partial charge in [-0.2, -0.15) is 0 Å². The molecule has 2 atom stereocenters. The first-order valence-electron chi connectivity index (χ1n) is 8.29. The fourth-order valence-corrected chi connectivity index (χ4v) is 4.01. The van der Waals surface area contributed by atoms with Crippen molar-refractivity contribution in [3.05, 3.63) is 30.2 Å². The maximum atomic E-state index is 13.5. The highest BCUT2D eigenvalue weighted by Gasteiger charge is 2.36. The molecule has 1 saturated heterocycles. The number of β-amino-alcohol motifs (C(OH)–C–C–N with tert-alkyl or cyclic N) is 1. The number of aliphatic hydroxyl groups is 1. The van der Waals surface area contributed by atoms with Gasteiger partial charge in [0.05, 0.1) is 25.1 Å². The van der Waals surface area contributed by atoms with Gasteiger partial charge in [0.15, 0.2) is 0 Å². The van der Waals surface area contributed by atoms with Crippen molar-refractivity contribution in [3.63, 3.8) is 0 Å². The molecule has 0 aliphatic carbocycles. The number of halogens is 1. The lowest BCUT2D eigenvalue weighted by Gasteiger charge is -2.40. The summed E-state index contributed by atoms with van der Waals surface area (Å²) in [6.07, 6.45) is 1.75. The average Bonchev–Trinajstić information content (AvgIpc) is 3.18. The predicted molar refractivity (Wildman–Crippen MR) is 98.2 cm³/mol. The second kappa shape index (κ2) is 6.19. The largest absolute Gasteiger partial charge is 0.496 e. The van der Waals surface area contributed by atoms with Crippen LogP contribution in [0.25, 0.3) is 16.2 Å². The third-order valence-corrected chi connectivity index (χ3v) is 5.84. The van der Waals surface area contributed by atoms with Gasteiger partial charge in [-0.1, -0.05) is 11.3 Å². The number of benzene rings is 1. The van der Waals surface area contributed by atoms with Crippen molar-refractivity contribution in [1.29, 1.82) is 0 Å². The number of hydrogen-bond donors (Lipinski definition) is 2. The molecule has 0 spiro atoms. The molecule has 9 heteroatoms. The van der Waals surface area contributed by atoms with E-state index < -0.39 is 11.6 Å². The van der Waals surface area contributed by atoms with E-state index in [-0.39, 0.29) is 5.82 Å². The summed E-state index contributed by atoms with van der Waals surface area (Å²) in [5.74, 6) is 0.0612. The Balaban J connectivity index is 1.70. The average molecular weight is 377 g/mol. The molecule has 138 valence electrons. The van der Waals surface area contributed by atoms with Crippen LogP contribution in [0.3, 0.4) is 0 Å². The summed E-state index contributed by atoms with van der Waals surface area (Å²) >= 11 is 1.44. The molecule has 1 fully saturated rings. The number of nitrogens with two attached hydrogens (primary N) is 1. The van der Waals surface area contributed by atoms with Gasteiger partial charge in [-0.15, -0.1) is 5.10 Å². The molecule has 1 aliphatic rings. The SMILES string of the molecule is COc1cc(F)ccc1-c1cnc2sc(N3CC[C@@](C)(N)[C@H](O)C3)nn12. The first-order valence-corrected chi connectivity index (χ1v) is 9.11. The second-order valence-electron chi connectivity index (χ2n) is 6.78. The van der Waals surface area contributed by atoms with Crippen LogP contribution in [0, 0.1) is 5.82 Å². The van der Waals surface area contributed by atoms with E-state index in [0.717, 1.165) is 22.3 Å². The number of hydrogen-bond acceptors (Lipinski definition) is 7. The number of imidazole rings is 1. The molecule has 26 heavy (non-hydrogen) atoms. The van der Waals surface area contributed by atoms with Crippen LogP contribution in [0.5, 0.6) is 5.75 Å². The zero-order chi connectivity index (χ0) is 18.5. The first kappa shape index (κ1) is 17.2. The van der Waals surface area contributed by atoms with E-state index in [9.17, 15) is 9.50 Å². The van der Waals surface area contributed by atoms with E-state index in [2.05, 4.69) is 10.1 Å². The molecule has 3 heterocycles. The molecule has 7 nitrogen and oxygen atoms in total. The summed E-state index contributed by atoms with van der Waals surface area (Å²) < 4.78 is 20.5. The number of ether oxygens (including phenoxy) is 1. The number of anilines is 1. The van der Waals surface area contributed by atoms with Crippen molar-refractivity contribution in [3.8, 4) is 17.0 Å². The molecule has 1 aromatic carbocycles. The molecule has 0 unspecified atom stereocenters. The zero-order valence-corrected chi connectivity index (χ0v) is 15.3. The fourth-order valence-electron chi connectivity index (χ4n) is 3.10. The lowest BCUT2D eigenvalue weighted by atomic mass is 9.88. The van der Waals surface area contributed by atoms with Gasteiger partial charge in [0.2, 0.25) is 10.1 Å². The third-order valence-electron chi connectivity index (χ3n) is 4.86. The van der Waals surface area contributed by atoms with Crippen LogP contribution in [0.15, 0.2) is 24.4 Å². The van der Waals surface area contributed by atoms with Gasteiger partial charge in [-0.05, 0) is 25.5 Å². The highest BCUT2D eigenvalue weighted by atomic mass is 32.1. The molecular formula is C17H20FN5O2S. The molecule has 0 radical (unpaired) electrons. The summed E-state index contributed by atoms with van der Waals surface area (Å²) in [6, 6.07) is 4.37. The number of piperidine rings is 1. The standard InChI is InChI=1S/C17H20FN5O2S/c1-17(19)5-6-22(9-14(17)24)16-21-23-12(8-20-15(23)26-16)11-4-3-10(18)7-13(11)25-2/h3-4,7-8,14,24H,5-6,9,19H2,1-2H3/t14-,17-/m1/s1. The van der Waals surface area contributed by atoms with E-state index in [1.54, 1.807) is 16.8 Å². The van der Waals surface area contributed by atoms with Crippen molar-refractivity contribution >= 4 is 21.4 Å². The van der Waals surface area contributed by atoms with E-state index in [1.165, 1.54) is 30.6 Å². The first-order chi connectivity index (χ1) is 12.4. The van der Waals surface area contributed by atoms with Gasteiger partial charge in [0.25, 0.3) is 0 Å². The summed E-state index contributed by atoms with van der Waals surface area (Å²) in [5.41, 5.74) is 6.96. The van der Waals surface area contributed by atoms with Crippen molar-refractivity contribution in [2.75, 3.05) is 25.1 Å². The molecule has 4 rings (SSSR count). The van der Waals surface area contributed by atoms with Gasteiger partial charge in [0, 0.05) is 30.3 Å². The maximum absolute atomic E-state index is 13.5. The maximum Gasteiger partial charge on any atom is 0.214 e. The zero-order valence-electron chi connectivity index (χ0n) is 14.5. The van der Waals surface area contributed by atoms with E-state index in [1.807, 2.05) is 11.8 Å². The van der Waals surface area contributed by atoms with Crippen LogP contribution in [-0.2, 0) is 0 Å². The lowest BCUT2D eigenvalue weighted by Crippen LogP contribution is -2.59. The number of fused-ring (bicyclic) bond motifs is 1. The minimum absolute atomic E-state index is 0.363. The van der Waals surface area contributed by atoms with Crippen LogP contribution in [0.4, 0.5) is 9.52 Å². The Morgan fingerprint density at radius 1 is 1.46 bits per heavy atom. The Hall–Kier alpha value is -2.23. The lowest BCUT2D eigenvalue weighted by molar-refractivity contribution is 0.0794. The van der Waals surface area contributed by atoms with E-state index >= 15 is 0 Å². The molecule has 0 bridgehead atoms. The number of aliphatic hydroxyl groups excluding tert-OH is 1. The number of aromatic nitrogens is 3. The third kappa shape index (κ3) is 2.81. The van der Waals surface area contributed by atoms with Crippen LogP contribution in [0.2, 0.25) is 0 Å². The summed E-state index contributed by atoms with van der Waals surface area (Å²) in [4.78, 5) is 7.15. The van der Waals surface area contributed by atoms with Gasteiger partial charge in [-0.3, -0.25) is 0 Å². The highest BCUT2D eigenvalue weighted by Crippen LogP contribution is 2.34.